The number of amides is 2. The number of carbonyl (C=O) groups is 3. The average molecular weight is 451 g/mol. The Morgan fingerprint density at radius 1 is 0.848 bits per heavy atom. The van der Waals surface area contributed by atoms with E-state index in [2.05, 4.69) is 21.9 Å². The van der Waals surface area contributed by atoms with E-state index in [1.165, 1.54) is 6.07 Å². The van der Waals surface area contributed by atoms with Gasteiger partial charge in [0.2, 0.25) is 5.91 Å². The Morgan fingerprint density at radius 3 is 2.18 bits per heavy atom. The molecular formula is C24H25N3O6. The molecule has 0 spiro atoms. The zero-order valence-corrected chi connectivity index (χ0v) is 18.6. The standard InChI is InChI=1S/C24H25N3O6/c1-15-10-16(2)12-20(11-15)32-19-6-4-18(5-7-19)25-22(28)8-9-24(30)31-14-23(29)26-21-13-17(3)33-27-21/h4-7,10-13H,8-9,14H2,1-3H3,(H,25,28)(H,26,27,29). The number of aryl methyl sites for hydroxylation is 3. The van der Waals surface area contributed by atoms with Crippen LogP contribution in [0.1, 0.15) is 29.7 Å². The first-order valence-corrected chi connectivity index (χ1v) is 10.3. The molecule has 0 aliphatic rings. The van der Waals surface area contributed by atoms with E-state index in [9.17, 15) is 14.4 Å². The van der Waals surface area contributed by atoms with Gasteiger partial charge in [0, 0.05) is 18.2 Å². The van der Waals surface area contributed by atoms with Gasteiger partial charge in [0.15, 0.2) is 12.4 Å². The Kier molecular flexibility index (Phi) is 7.80. The van der Waals surface area contributed by atoms with Gasteiger partial charge in [-0.05, 0) is 68.3 Å². The SMILES string of the molecule is Cc1cc(C)cc(Oc2ccc(NC(=O)CCC(=O)OCC(=O)Nc3cc(C)on3)cc2)c1. The normalized spacial score (nSPS) is 10.4. The Hall–Kier alpha value is -4.14. The summed E-state index contributed by atoms with van der Waals surface area (Å²) in [6.07, 6.45) is -0.236. The first-order valence-electron chi connectivity index (χ1n) is 10.3. The number of aromatic nitrogens is 1. The topological polar surface area (TPSA) is 120 Å². The number of anilines is 2. The minimum atomic E-state index is -0.658. The van der Waals surface area contributed by atoms with Crippen molar-refractivity contribution in [3.63, 3.8) is 0 Å². The van der Waals surface area contributed by atoms with Crippen molar-refractivity contribution in [3.8, 4) is 11.5 Å². The summed E-state index contributed by atoms with van der Waals surface area (Å²) in [6, 6.07) is 14.4. The van der Waals surface area contributed by atoms with Crippen LogP contribution in [0.4, 0.5) is 11.5 Å². The van der Waals surface area contributed by atoms with E-state index in [1.807, 2.05) is 26.0 Å². The van der Waals surface area contributed by atoms with Crippen LogP contribution < -0.4 is 15.4 Å². The maximum Gasteiger partial charge on any atom is 0.306 e. The molecule has 1 aromatic heterocycles. The zero-order valence-electron chi connectivity index (χ0n) is 18.6. The van der Waals surface area contributed by atoms with Crippen molar-refractivity contribution < 1.29 is 28.4 Å². The highest BCUT2D eigenvalue weighted by Gasteiger charge is 2.12. The summed E-state index contributed by atoms with van der Waals surface area (Å²) in [4.78, 5) is 35.6. The van der Waals surface area contributed by atoms with Crippen molar-refractivity contribution in [2.24, 2.45) is 0 Å². The van der Waals surface area contributed by atoms with Crippen molar-refractivity contribution in [2.45, 2.75) is 33.6 Å². The molecular weight excluding hydrogens is 426 g/mol. The van der Waals surface area contributed by atoms with Gasteiger partial charge in [0.1, 0.15) is 17.3 Å². The highest BCUT2D eigenvalue weighted by Crippen LogP contribution is 2.25. The van der Waals surface area contributed by atoms with Crippen molar-refractivity contribution in [1.29, 1.82) is 0 Å². The molecule has 0 radical (unpaired) electrons. The Bertz CT molecular complexity index is 1120. The summed E-state index contributed by atoms with van der Waals surface area (Å²) in [5, 5.41) is 8.74. The molecule has 0 bridgehead atoms. The van der Waals surface area contributed by atoms with Gasteiger partial charge >= 0.3 is 5.97 Å². The molecule has 0 aliphatic heterocycles. The van der Waals surface area contributed by atoms with Crippen LogP contribution in [0.2, 0.25) is 0 Å². The highest BCUT2D eigenvalue weighted by molar-refractivity contribution is 5.94. The van der Waals surface area contributed by atoms with Crippen LogP contribution in [-0.4, -0.2) is 29.5 Å². The molecule has 172 valence electrons. The molecule has 3 rings (SSSR count). The predicted octanol–water partition coefficient (Wildman–Crippen LogP) is 4.29. The molecule has 0 aliphatic carbocycles. The summed E-state index contributed by atoms with van der Waals surface area (Å²) in [5.74, 6) is 0.596. The number of nitrogens with zero attached hydrogens (tertiary/aromatic N) is 1. The lowest BCUT2D eigenvalue weighted by Gasteiger charge is -2.09. The van der Waals surface area contributed by atoms with E-state index in [4.69, 9.17) is 14.0 Å². The minimum absolute atomic E-state index is 0.0796. The monoisotopic (exact) mass is 451 g/mol. The van der Waals surface area contributed by atoms with Crippen LogP contribution in [0.3, 0.4) is 0 Å². The molecule has 2 aromatic carbocycles. The third kappa shape index (κ3) is 7.80. The van der Waals surface area contributed by atoms with Gasteiger partial charge in [-0.1, -0.05) is 11.2 Å². The third-order valence-corrected chi connectivity index (χ3v) is 4.38. The molecule has 0 atom stereocenters. The van der Waals surface area contributed by atoms with Crippen molar-refractivity contribution in [2.75, 3.05) is 17.2 Å². The molecule has 0 fully saturated rings. The van der Waals surface area contributed by atoms with Crippen LogP contribution in [0.15, 0.2) is 53.1 Å². The Morgan fingerprint density at radius 2 is 1.55 bits per heavy atom. The lowest BCUT2D eigenvalue weighted by molar-refractivity contribution is -0.147. The molecule has 9 heteroatoms. The fourth-order valence-electron chi connectivity index (χ4n) is 3.00. The number of rotatable bonds is 9. The molecule has 9 nitrogen and oxygen atoms in total. The molecule has 1 heterocycles. The summed E-state index contributed by atoms with van der Waals surface area (Å²) in [5.41, 5.74) is 2.79. The molecule has 0 saturated carbocycles. The maximum absolute atomic E-state index is 12.1. The van der Waals surface area contributed by atoms with Crippen molar-refractivity contribution in [3.05, 3.63) is 65.4 Å². The predicted molar refractivity (Wildman–Crippen MR) is 121 cm³/mol. The zero-order chi connectivity index (χ0) is 23.8. The summed E-state index contributed by atoms with van der Waals surface area (Å²) >= 11 is 0. The third-order valence-electron chi connectivity index (χ3n) is 4.38. The number of nitrogens with one attached hydrogen (secondary N) is 2. The van der Waals surface area contributed by atoms with Gasteiger partial charge in [0.25, 0.3) is 5.91 Å². The first kappa shape index (κ1) is 23.5. The quantitative estimate of drug-likeness (QED) is 0.466. The first-order chi connectivity index (χ1) is 15.8. The van der Waals surface area contributed by atoms with E-state index < -0.39 is 18.5 Å². The molecule has 0 saturated heterocycles. The van der Waals surface area contributed by atoms with Gasteiger partial charge in [-0.15, -0.1) is 0 Å². The fraction of sp³-hybridized carbons (Fsp3) is 0.250. The van der Waals surface area contributed by atoms with Gasteiger partial charge < -0.3 is 24.6 Å². The lowest BCUT2D eigenvalue weighted by atomic mass is 10.1. The summed E-state index contributed by atoms with van der Waals surface area (Å²) in [7, 11) is 0. The van der Waals surface area contributed by atoms with Crippen LogP contribution in [0, 0.1) is 20.8 Å². The van der Waals surface area contributed by atoms with Crippen LogP contribution in [-0.2, 0) is 19.1 Å². The van der Waals surface area contributed by atoms with Crippen LogP contribution >= 0.6 is 0 Å². The second-order valence-corrected chi connectivity index (χ2v) is 7.53. The number of hydrogen-bond donors (Lipinski definition) is 2. The summed E-state index contributed by atoms with van der Waals surface area (Å²) in [6.45, 7) is 5.21. The number of ether oxygens (including phenoxy) is 2. The van der Waals surface area contributed by atoms with E-state index in [1.54, 1.807) is 31.2 Å². The van der Waals surface area contributed by atoms with E-state index in [0.29, 0.717) is 17.2 Å². The van der Waals surface area contributed by atoms with Gasteiger partial charge in [-0.2, -0.15) is 0 Å². The second-order valence-electron chi connectivity index (χ2n) is 7.53. The largest absolute Gasteiger partial charge is 0.457 e. The van der Waals surface area contributed by atoms with Gasteiger partial charge in [0.05, 0.1) is 6.42 Å². The smallest absolute Gasteiger partial charge is 0.306 e. The number of carbonyl (C=O) groups excluding carboxylic acids is 3. The maximum atomic E-state index is 12.1. The molecule has 3 aromatic rings. The fourth-order valence-corrected chi connectivity index (χ4v) is 3.00. The molecule has 2 N–H and O–H groups in total. The Labute approximate surface area is 191 Å². The minimum Gasteiger partial charge on any atom is -0.457 e. The second kappa shape index (κ2) is 10.9. The highest BCUT2D eigenvalue weighted by atomic mass is 16.5. The molecule has 2 amide bonds. The van der Waals surface area contributed by atoms with Crippen LogP contribution in [0.5, 0.6) is 11.5 Å². The summed E-state index contributed by atoms with van der Waals surface area (Å²) < 4.78 is 15.5. The van der Waals surface area contributed by atoms with Crippen LogP contribution in [0.25, 0.3) is 0 Å². The van der Waals surface area contributed by atoms with Crippen molar-refractivity contribution in [1.82, 2.24) is 5.16 Å². The van der Waals surface area contributed by atoms with E-state index in [0.717, 1.165) is 16.9 Å². The van der Waals surface area contributed by atoms with E-state index >= 15 is 0 Å². The lowest BCUT2D eigenvalue weighted by Crippen LogP contribution is -2.21. The number of hydrogen-bond acceptors (Lipinski definition) is 7. The van der Waals surface area contributed by atoms with E-state index in [-0.39, 0.29) is 24.6 Å². The Balaban J connectivity index is 1.38. The molecule has 0 unspecified atom stereocenters. The van der Waals surface area contributed by atoms with Gasteiger partial charge in [-0.3, -0.25) is 14.4 Å². The average Bonchev–Trinajstić information content (AvgIpc) is 3.16. The molecule has 33 heavy (non-hydrogen) atoms. The number of esters is 1. The van der Waals surface area contributed by atoms with Crippen molar-refractivity contribution >= 4 is 29.3 Å². The number of benzene rings is 2. The van der Waals surface area contributed by atoms with Gasteiger partial charge in [-0.25, -0.2) is 0 Å².